The number of nitro groups is 1. The summed E-state index contributed by atoms with van der Waals surface area (Å²) in [6, 6.07) is 12.3. The third-order valence-corrected chi connectivity index (χ3v) is 3.63. The van der Waals surface area contributed by atoms with Gasteiger partial charge >= 0.3 is 5.97 Å². The largest absolute Gasteiger partial charge is 0.477 e. The first-order valence-electron chi connectivity index (χ1n) is 7.57. The minimum Gasteiger partial charge on any atom is -0.477 e. The van der Waals surface area contributed by atoms with Crippen LogP contribution in [0.4, 0.5) is 11.4 Å². The maximum Gasteiger partial charge on any atom is 0.353 e. The molecule has 0 saturated carbocycles. The van der Waals surface area contributed by atoms with Crippen molar-refractivity contribution < 1.29 is 19.6 Å². The number of nitrogens with one attached hydrogen (secondary N) is 2. The van der Waals surface area contributed by atoms with Crippen molar-refractivity contribution >= 4 is 23.3 Å². The molecule has 10 heteroatoms. The van der Waals surface area contributed by atoms with Crippen molar-refractivity contribution in [1.29, 1.82) is 0 Å². The Morgan fingerprint density at radius 2 is 1.85 bits per heavy atom. The summed E-state index contributed by atoms with van der Waals surface area (Å²) in [5.74, 6) is -1.85. The molecular weight excluding hydrogens is 356 g/mol. The molecule has 0 fully saturated rings. The topological polar surface area (TPSA) is 147 Å². The van der Waals surface area contributed by atoms with Gasteiger partial charge in [0.1, 0.15) is 5.69 Å². The maximum absolute atomic E-state index is 12.3. The summed E-state index contributed by atoms with van der Waals surface area (Å²) < 4.78 is 1.02. The highest BCUT2D eigenvalue weighted by atomic mass is 16.6. The fraction of sp³-hybridized carbons (Fsp3) is 0. The van der Waals surface area contributed by atoms with Gasteiger partial charge in [-0.25, -0.2) is 9.48 Å². The number of anilines is 1. The lowest BCUT2D eigenvalue weighted by molar-refractivity contribution is -0.384. The van der Waals surface area contributed by atoms with Crippen LogP contribution < -0.4 is 10.9 Å². The predicted molar refractivity (Wildman–Crippen MR) is 94.4 cm³/mol. The molecule has 0 unspecified atom stereocenters. The zero-order valence-electron chi connectivity index (χ0n) is 13.6. The number of aromatic carboxylic acids is 1. The van der Waals surface area contributed by atoms with Crippen molar-refractivity contribution in [2.75, 3.05) is 5.32 Å². The summed E-state index contributed by atoms with van der Waals surface area (Å²) in [6.45, 7) is 0. The Kier molecular flexibility index (Phi) is 4.54. The van der Waals surface area contributed by atoms with Crippen molar-refractivity contribution in [2.45, 2.75) is 0 Å². The van der Waals surface area contributed by atoms with Gasteiger partial charge in [-0.15, -0.1) is 0 Å². The Morgan fingerprint density at radius 3 is 2.52 bits per heavy atom. The predicted octanol–water partition coefficient (Wildman–Crippen LogP) is 2.02. The third kappa shape index (κ3) is 3.74. The second-order valence-electron chi connectivity index (χ2n) is 5.46. The van der Waals surface area contributed by atoms with Gasteiger partial charge in [0.2, 0.25) is 0 Å². The summed E-state index contributed by atoms with van der Waals surface area (Å²) in [7, 11) is 0. The van der Waals surface area contributed by atoms with E-state index in [0.29, 0.717) is 11.4 Å². The molecule has 0 aliphatic carbocycles. The molecule has 3 rings (SSSR count). The van der Waals surface area contributed by atoms with Crippen molar-refractivity contribution in [3.63, 3.8) is 0 Å². The number of carboxylic acids is 1. The molecule has 0 aliphatic heterocycles. The van der Waals surface area contributed by atoms with Crippen LogP contribution in [0.2, 0.25) is 0 Å². The first kappa shape index (κ1) is 17.6. The van der Waals surface area contributed by atoms with E-state index in [4.69, 9.17) is 5.11 Å². The Balaban J connectivity index is 1.87. The first-order valence-corrected chi connectivity index (χ1v) is 7.57. The molecule has 3 aromatic rings. The Bertz CT molecular complexity index is 1110. The molecule has 0 bridgehead atoms. The highest BCUT2D eigenvalue weighted by molar-refractivity contribution is 6.04. The summed E-state index contributed by atoms with van der Waals surface area (Å²) in [5, 5.41) is 24.8. The fourth-order valence-corrected chi connectivity index (χ4v) is 2.38. The first-order chi connectivity index (χ1) is 12.8. The van der Waals surface area contributed by atoms with E-state index in [0.717, 1.165) is 16.8 Å². The molecule has 2 aromatic carbocycles. The molecule has 0 saturated heterocycles. The maximum atomic E-state index is 12.3. The lowest BCUT2D eigenvalue weighted by atomic mass is 10.2. The second kappa shape index (κ2) is 6.96. The molecule has 10 nitrogen and oxygen atoms in total. The van der Waals surface area contributed by atoms with E-state index in [9.17, 15) is 24.5 Å². The number of H-pyrrole nitrogens is 1. The van der Waals surface area contributed by atoms with Crippen LogP contribution in [0.1, 0.15) is 20.8 Å². The summed E-state index contributed by atoms with van der Waals surface area (Å²) in [5.41, 5.74) is -0.331. The van der Waals surface area contributed by atoms with Crippen molar-refractivity contribution in [1.82, 2.24) is 9.78 Å². The van der Waals surface area contributed by atoms with Gasteiger partial charge in [-0.05, 0) is 24.3 Å². The van der Waals surface area contributed by atoms with E-state index in [1.54, 1.807) is 18.2 Å². The van der Waals surface area contributed by atoms with E-state index in [1.807, 2.05) is 0 Å². The second-order valence-corrected chi connectivity index (χ2v) is 5.46. The normalized spacial score (nSPS) is 10.4. The monoisotopic (exact) mass is 368 g/mol. The lowest BCUT2D eigenvalue weighted by Crippen LogP contribution is -2.15. The van der Waals surface area contributed by atoms with Gasteiger partial charge in [-0.3, -0.25) is 24.8 Å². The van der Waals surface area contributed by atoms with E-state index in [-0.39, 0.29) is 16.9 Å². The number of nitrogens with zero attached hydrogens (tertiary/aromatic N) is 2. The molecule has 0 spiro atoms. The van der Waals surface area contributed by atoms with Crippen LogP contribution >= 0.6 is 0 Å². The Morgan fingerprint density at radius 1 is 1.11 bits per heavy atom. The van der Waals surface area contributed by atoms with Crippen molar-refractivity contribution in [2.24, 2.45) is 0 Å². The Hall–Kier alpha value is -4.21. The molecule has 27 heavy (non-hydrogen) atoms. The number of carboxylic acid groups (broad SMARTS) is 1. The molecule has 0 radical (unpaired) electrons. The quantitative estimate of drug-likeness (QED) is 0.463. The molecule has 1 heterocycles. The summed E-state index contributed by atoms with van der Waals surface area (Å²) in [6.07, 6.45) is 0. The lowest BCUT2D eigenvalue weighted by Gasteiger charge is -2.08. The minimum absolute atomic E-state index is 0.0970. The molecule has 0 atom stereocenters. The van der Waals surface area contributed by atoms with Crippen LogP contribution in [0.5, 0.6) is 0 Å². The van der Waals surface area contributed by atoms with Gasteiger partial charge in [0.25, 0.3) is 17.2 Å². The number of amides is 1. The number of carbonyl (C=O) groups is 2. The van der Waals surface area contributed by atoms with Crippen LogP contribution in [-0.4, -0.2) is 31.7 Å². The number of carbonyl (C=O) groups excluding carboxylic acids is 1. The third-order valence-electron chi connectivity index (χ3n) is 3.63. The number of rotatable bonds is 5. The van der Waals surface area contributed by atoms with Gasteiger partial charge in [-0.2, -0.15) is 0 Å². The van der Waals surface area contributed by atoms with Gasteiger partial charge in [0, 0.05) is 29.4 Å². The molecule has 136 valence electrons. The van der Waals surface area contributed by atoms with E-state index >= 15 is 0 Å². The SMILES string of the molecule is O=C(Nc1cccc(-n2[nH]c(C(=O)O)cc2=O)c1)c1cccc([N+](=O)[O-])c1. The summed E-state index contributed by atoms with van der Waals surface area (Å²) in [4.78, 5) is 45.4. The fourth-order valence-electron chi connectivity index (χ4n) is 2.38. The molecule has 3 N–H and O–H groups in total. The number of hydrogen-bond acceptors (Lipinski definition) is 5. The number of benzene rings is 2. The molecule has 1 amide bonds. The number of nitro benzene ring substituents is 1. The zero-order valence-corrected chi connectivity index (χ0v) is 13.6. The van der Waals surface area contributed by atoms with E-state index in [2.05, 4.69) is 10.4 Å². The number of aromatic amines is 1. The summed E-state index contributed by atoms with van der Waals surface area (Å²) >= 11 is 0. The van der Waals surface area contributed by atoms with Crippen LogP contribution in [0, 0.1) is 10.1 Å². The highest BCUT2D eigenvalue weighted by Crippen LogP contribution is 2.17. The van der Waals surface area contributed by atoms with E-state index in [1.165, 1.54) is 24.3 Å². The van der Waals surface area contributed by atoms with Crippen LogP contribution in [0.15, 0.2) is 59.4 Å². The number of hydrogen-bond donors (Lipinski definition) is 3. The van der Waals surface area contributed by atoms with Crippen molar-refractivity contribution in [3.8, 4) is 5.69 Å². The number of non-ortho nitro benzene ring substituents is 1. The van der Waals surface area contributed by atoms with Gasteiger partial charge in [0.15, 0.2) is 0 Å². The van der Waals surface area contributed by atoms with Crippen LogP contribution in [0.25, 0.3) is 5.69 Å². The van der Waals surface area contributed by atoms with Gasteiger partial charge in [-0.1, -0.05) is 12.1 Å². The van der Waals surface area contributed by atoms with Gasteiger partial charge in [0.05, 0.1) is 10.6 Å². The standard InChI is InChI=1S/C17H12N4O6/c22-15-9-14(17(24)25)19-20(15)12-5-2-4-11(8-12)18-16(23)10-3-1-6-13(7-10)21(26)27/h1-9,19H,(H,18,23)(H,24,25). The molecule has 0 aliphatic rings. The Labute approximate surface area is 150 Å². The van der Waals surface area contributed by atoms with E-state index < -0.39 is 22.4 Å². The average Bonchev–Trinajstić information content (AvgIpc) is 3.04. The van der Waals surface area contributed by atoms with Crippen LogP contribution in [-0.2, 0) is 0 Å². The minimum atomic E-state index is -1.28. The molecule has 1 aromatic heterocycles. The number of aromatic nitrogens is 2. The smallest absolute Gasteiger partial charge is 0.353 e. The van der Waals surface area contributed by atoms with Crippen LogP contribution in [0.3, 0.4) is 0 Å². The highest BCUT2D eigenvalue weighted by Gasteiger charge is 2.13. The molecular formula is C17H12N4O6. The van der Waals surface area contributed by atoms with Gasteiger partial charge < -0.3 is 10.4 Å². The van der Waals surface area contributed by atoms with Crippen molar-refractivity contribution in [3.05, 3.63) is 86.3 Å². The zero-order chi connectivity index (χ0) is 19.6. The average molecular weight is 368 g/mol.